The van der Waals surface area contributed by atoms with Crippen LogP contribution in [-0.4, -0.2) is 6.34 Å². The van der Waals surface area contributed by atoms with Crippen LogP contribution >= 0.6 is 0 Å². The summed E-state index contributed by atoms with van der Waals surface area (Å²) in [6, 6.07) is 0. The van der Waals surface area contributed by atoms with Crippen molar-refractivity contribution >= 4 is 6.34 Å². The molecule has 1 aliphatic rings. The molecule has 0 saturated carbocycles. The molecule has 1 radical (unpaired) electrons. The summed E-state index contributed by atoms with van der Waals surface area (Å²) in [6.07, 6.45) is 10.1. The van der Waals surface area contributed by atoms with E-state index in [2.05, 4.69) is 22.8 Å². The van der Waals surface area contributed by atoms with E-state index < -0.39 is 0 Å². The van der Waals surface area contributed by atoms with Crippen molar-refractivity contribution in [2.45, 2.75) is 25.7 Å². The van der Waals surface area contributed by atoms with Gasteiger partial charge in [0.1, 0.15) is 0 Å². The van der Waals surface area contributed by atoms with Crippen molar-refractivity contribution in [3.8, 4) is 0 Å². The Hall–Kier alpha value is 0.274. The maximum absolute atomic E-state index is 4.95. The van der Waals surface area contributed by atoms with Crippen molar-refractivity contribution < 1.29 is 32.7 Å². The third-order valence-corrected chi connectivity index (χ3v) is 1.42. The molecule has 0 unspecified atom stereocenters. The van der Waals surface area contributed by atoms with Gasteiger partial charge in [-0.2, -0.15) is 0 Å². The van der Waals surface area contributed by atoms with Gasteiger partial charge in [0.2, 0.25) is 0 Å². The molecule has 1 aliphatic carbocycles. The quantitative estimate of drug-likeness (QED) is 0.181. The van der Waals surface area contributed by atoms with Crippen molar-refractivity contribution in [3.63, 3.8) is 0 Å². The fourth-order valence-corrected chi connectivity index (χ4v) is 0.934. The van der Waals surface area contributed by atoms with Crippen molar-refractivity contribution in [2.75, 3.05) is 0 Å². The first kappa shape index (κ1) is 11.3. The van der Waals surface area contributed by atoms with Gasteiger partial charge >= 0.3 is 0 Å². The van der Waals surface area contributed by atoms with E-state index in [9.17, 15) is 0 Å². The standard InChI is InChI=1S/C7H11N3.Y/c8-10-6-9-7-4-2-1-3-5-7;/h1-4,8H2,(H,9,10);/q-2;. The zero-order chi connectivity index (χ0) is 7.23. The predicted molar refractivity (Wildman–Crippen MR) is 40.0 cm³/mol. The Morgan fingerprint density at radius 2 is 2.36 bits per heavy atom. The van der Waals surface area contributed by atoms with Crippen LogP contribution in [0.5, 0.6) is 0 Å². The second kappa shape index (κ2) is 6.95. The van der Waals surface area contributed by atoms with Gasteiger partial charge in [-0.3, -0.25) is 11.5 Å². The minimum Gasteiger partial charge on any atom is -0.580 e. The molecule has 0 aliphatic heterocycles. The summed E-state index contributed by atoms with van der Waals surface area (Å²) in [5.41, 5.74) is 3.21. The van der Waals surface area contributed by atoms with Crippen LogP contribution in [0.4, 0.5) is 0 Å². The molecule has 0 spiro atoms. The number of rotatable bonds is 2. The van der Waals surface area contributed by atoms with Gasteiger partial charge in [0.15, 0.2) is 0 Å². The Bertz CT molecular complexity index is 154. The van der Waals surface area contributed by atoms with E-state index in [0.717, 1.165) is 18.5 Å². The first-order chi connectivity index (χ1) is 4.93. The number of hydrogen-bond acceptors (Lipinski definition) is 2. The van der Waals surface area contributed by atoms with Crippen LogP contribution in [0.1, 0.15) is 25.7 Å². The van der Waals surface area contributed by atoms with Crippen LogP contribution < -0.4 is 11.3 Å². The smallest absolute Gasteiger partial charge is 0 e. The second-order valence-corrected chi connectivity index (χ2v) is 2.20. The Morgan fingerprint density at radius 1 is 1.55 bits per heavy atom. The van der Waals surface area contributed by atoms with E-state index in [1.54, 1.807) is 0 Å². The second-order valence-electron chi connectivity index (χ2n) is 2.20. The monoisotopic (exact) mass is 226 g/mol. The first-order valence-corrected chi connectivity index (χ1v) is 3.44. The molecule has 0 heterocycles. The van der Waals surface area contributed by atoms with E-state index in [1.165, 1.54) is 12.8 Å². The van der Waals surface area contributed by atoms with Crippen LogP contribution in [-0.2, 0) is 32.7 Å². The number of allylic oxidation sites excluding steroid dienone is 2. The normalized spacial score (nSPS) is 17.4. The summed E-state index contributed by atoms with van der Waals surface area (Å²) in [5, 5.41) is 0. The number of nitrogens with zero attached hydrogens (tertiary/aromatic N) is 1. The number of hydrogen-bond donors (Lipinski definition) is 2. The molecular formula is C7H11N3Y-2. The van der Waals surface area contributed by atoms with Crippen molar-refractivity contribution in [1.82, 2.24) is 5.43 Å². The van der Waals surface area contributed by atoms with Crippen LogP contribution in [0.25, 0.3) is 0 Å². The van der Waals surface area contributed by atoms with Gasteiger partial charge in [-0.15, -0.1) is 6.42 Å². The van der Waals surface area contributed by atoms with Gasteiger partial charge < -0.3 is 16.5 Å². The molecule has 0 saturated heterocycles. The maximum Gasteiger partial charge on any atom is 0 e. The van der Waals surface area contributed by atoms with Gasteiger partial charge in [0, 0.05) is 32.7 Å². The number of nitrogens with two attached hydrogens (primary N) is 1. The molecule has 0 amide bonds. The Kier molecular flexibility index (Phi) is 7.13. The zero-order valence-electron chi connectivity index (χ0n) is 6.43. The Morgan fingerprint density at radius 3 is 2.91 bits per heavy atom. The molecule has 0 aromatic carbocycles. The van der Waals surface area contributed by atoms with Crippen molar-refractivity contribution in [1.29, 1.82) is 0 Å². The largest absolute Gasteiger partial charge is 0.580 e. The summed E-state index contributed by atoms with van der Waals surface area (Å²) in [5.74, 6) is 4.95. The van der Waals surface area contributed by atoms with E-state index in [-0.39, 0.29) is 32.7 Å². The molecule has 0 aromatic heterocycles. The Labute approximate surface area is 92.4 Å². The fourth-order valence-electron chi connectivity index (χ4n) is 0.934. The van der Waals surface area contributed by atoms with Gasteiger partial charge in [0.05, 0.1) is 0 Å². The maximum atomic E-state index is 4.95. The molecular weight excluding hydrogens is 215 g/mol. The minimum atomic E-state index is 0. The van der Waals surface area contributed by atoms with Crippen LogP contribution in [0, 0.1) is 6.08 Å². The summed E-state index contributed by atoms with van der Waals surface area (Å²) in [6.45, 7) is 0. The molecule has 4 heteroatoms. The Balaban J connectivity index is 0.000001000. The summed E-state index contributed by atoms with van der Waals surface area (Å²) < 4.78 is 0. The van der Waals surface area contributed by atoms with Gasteiger partial charge in [-0.25, -0.2) is 6.42 Å². The van der Waals surface area contributed by atoms with Gasteiger partial charge in [-0.05, 0) is 0 Å². The van der Waals surface area contributed by atoms with Crippen LogP contribution in [0.3, 0.4) is 0 Å². The van der Waals surface area contributed by atoms with Crippen molar-refractivity contribution in [3.05, 3.63) is 11.8 Å². The summed E-state index contributed by atoms with van der Waals surface area (Å²) >= 11 is 0. The molecule has 0 atom stereocenters. The third kappa shape index (κ3) is 4.67. The first-order valence-electron chi connectivity index (χ1n) is 3.44. The molecule has 3 N–H and O–H groups in total. The van der Waals surface area contributed by atoms with Gasteiger partial charge in [0.25, 0.3) is 0 Å². The molecule has 0 fully saturated rings. The molecule has 1 rings (SSSR count). The van der Waals surface area contributed by atoms with Crippen LogP contribution in [0.2, 0.25) is 0 Å². The number of nitrogens with one attached hydrogen (secondary N) is 1. The molecule has 11 heavy (non-hydrogen) atoms. The van der Waals surface area contributed by atoms with Crippen molar-refractivity contribution in [2.24, 2.45) is 10.8 Å². The average Bonchev–Trinajstić information content (AvgIpc) is 2.03. The van der Waals surface area contributed by atoms with Crippen LogP contribution in [0.15, 0.2) is 10.7 Å². The van der Waals surface area contributed by atoms with E-state index >= 15 is 0 Å². The average molecular weight is 226 g/mol. The fraction of sp³-hybridized carbons (Fsp3) is 0.571. The molecule has 0 bridgehead atoms. The third-order valence-electron chi connectivity index (χ3n) is 1.42. The minimum absolute atomic E-state index is 0. The molecule has 3 nitrogen and oxygen atoms in total. The van der Waals surface area contributed by atoms with E-state index in [4.69, 9.17) is 5.84 Å². The van der Waals surface area contributed by atoms with E-state index in [1.807, 2.05) is 0 Å². The topological polar surface area (TPSA) is 50.4 Å². The molecule has 59 valence electrons. The van der Waals surface area contributed by atoms with Gasteiger partial charge in [-0.1, -0.05) is 19.2 Å². The summed E-state index contributed by atoms with van der Waals surface area (Å²) in [7, 11) is 0. The number of aliphatic imine (C=N–C) groups is 1. The summed E-state index contributed by atoms with van der Waals surface area (Å²) in [4.78, 5) is 3.92. The number of hydrazine groups is 1. The SMILES string of the molecule is NN[C-]=NC1=[C-]CCCC1.[Y]. The zero-order valence-corrected chi connectivity index (χ0v) is 9.27. The van der Waals surface area contributed by atoms with E-state index in [0.29, 0.717) is 0 Å². The molecule has 0 aromatic rings. The predicted octanol–water partition coefficient (Wildman–Crippen LogP) is 0.614.